The van der Waals surface area contributed by atoms with Crippen molar-refractivity contribution in [2.45, 2.75) is 25.4 Å². The van der Waals surface area contributed by atoms with Crippen molar-refractivity contribution in [3.05, 3.63) is 100 Å². The van der Waals surface area contributed by atoms with Gasteiger partial charge in [-0.2, -0.15) is 0 Å². The van der Waals surface area contributed by atoms with E-state index in [4.69, 9.17) is 10.5 Å². The number of ether oxygens (including phenoxy) is 1. The molecule has 31 heavy (non-hydrogen) atoms. The smallest absolute Gasteiger partial charge is 0.254 e. The number of primary amides is 1. The van der Waals surface area contributed by atoms with Crippen LogP contribution in [0.1, 0.15) is 49.9 Å². The van der Waals surface area contributed by atoms with Gasteiger partial charge in [0.2, 0.25) is 5.91 Å². The first-order valence-corrected chi connectivity index (χ1v) is 10.1. The van der Waals surface area contributed by atoms with E-state index in [1.54, 1.807) is 59.5 Å². The maximum atomic E-state index is 14.7. The molecule has 0 bridgehead atoms. The molecule has 1 aliphatic carbocycles. The van der Waals surface area contributed by atoms with Crippen LogP contribution >= 0.6 is 0 Å². The maximum absolute atomic E-state index is 14.7. The molecule has 6 heteroatoms. The Morgan fingerprint density at radius 1 is 1.10 bits per heavy atom. The number of rotatable bonds is 6. The van der Waals surface area contributed by atoms with Gasteiger partial charge in [-0.3, -0.25) is 9.59 Å². The number of fused-ring (bicyclic) bond motifs is 1. The lowest BCUT2D eigenvalue weighted by Crippen LogP contribution is -2.34. The fourth-order valence-electron chi connectivity index (χ4n) is 4.22. The lowest BCUT2D eigenvalue weighted by atomic mass is 10.0. The number of benzene rings is 3. The standard InChI is InChI=1S/C25H23FN2O3/c1-31-18-13-21-20(22(26)14-18)11-12-23(21)28(25(30)16-7-3-2-4-8-16)15-17-9-5-6-10-19(17)24(27)29/h2-10,13-14,23H,11-12,15H2,1H3,(H2,27,29)/t23-/m1/s1. The van der Waals surface area contributed by atoms with Crippen LogP contribution in [-0.2, 0) is 13.0 Å². The van der Waals surface area contributed by atoms with Crippen LogP contribution in [0.3, 0.4) is 0 Å². The minimum absolute atomic E-state index is 0.176. The summed E-state index contributed by atoms with van der Waals surface area (Å²) in [5.74, 6) is -0.669. The van der Waals surface area contributed by atoms with Crippen LogP contribution in [0.2, 0.25) is 0 Å². The Hall–Kier alpha value is -3.67. The van der Waals surface area contributed by atoms with Crippen LogP contribution in [0.4, 0.5) is 4.39 Å². The van der Waals surface area contributed by atoms with Gasteiger partial charge in [0.05, 0.1) is 13.2 Å². The minimum Gasteiger partial charge on any atom is -0.497 e. The van der Waals surface area contributed by atoms with Gasteiger partial charge in [0.15, 0.2) is 0 Å². The van der Waals surface area contributed by atoms with Crippen LogP contribution in [0.15, 0.2) is 66.7 Å². The summed E-state index contributed by atoms with van der Waals surface area (Å²) in [5, 5.41) is 0. The van der Waals surface area contributed by atoms with Crippen LogP contribution in [0, 0.1) is 5.82 Å². The number of hydrogen-bond acceptors (Lipinski definition) is 3. The second-order valence-electron chi connectivity index (χ2n) is 7.55. The number of carbonyl (C=O) groups is 2. The number of methoxy groups -OCH3 is 1. The van der Waals surface area contributed by atoms with E-state index < -0.39 is 5.91 Å². The monoisotopic (exact) mass is 418 g/mol. The molecule has 0 spiro atoms. The molecule has 3 aromatic rings. The number of nitrogens with two attached hydrogens (primary N) is 1. The highest BCUT2D eigenvalue weighted by Crippen LogP contribution is 2.40. The topological polar surface area (TPSA) is 72.6 Å². The van der Waals surface area contributed by atoms with E-state index in [9.17, 15) is 14.0 Å². The Bertz CT molecular complexity index is 1130. The molecule has 158 valence electrons. The van der Waals surface area contributed by atoms with Crippen LogP contribution in [0.5, 0.6) is 5.75 Å². The van der Waals surface area contributed by atoms with Gasteiger partial charge in [-0.15, -0.1) is 0 Å². The lowest BCUT2D eigenvalue weighted by Gasteiger charge is -2.31. The van der Waals surface area contributed by atoms with Gasteiger partial charge in [0.1, 0.15) is 11.6 Å². The average molecular weight is 418 g/mol. The SMILES string of the molecule is COc1cc(F)c2c(c1)[C@H](N(Cc1ccccc1C(N)=O)C(=O)c1ccccc1)CC2. The first kappa shape index (κ1) is 20.6. The predicted octanol–water partition coefficient (Wildman–Crippen LogP) is 4.26. The highest BCUT2D eigenvalue weighted by atomic mass is 19.1. The van der Waals surface area contributed by atoms with Crippen molar-refractivity contribution >= 4 is 11.8 Å². The molecule has 0 unspecified atom stereocenters. The Labute approximate surface area is 180 Å². The molecule has 0 saturated carbocycles. The molecule has 4 rings (SSSR count). The fourth-order valence-corrected chi connectivity index (χ4v) is 4.22. The first-order valence-electron chi connectivity index (χ1n) is 10.1. The summed E-state index contributed by atoms with van der Waals surface area (Å²) < 4.78 is 19.9. The molecule has 0 saturated heterocycles. The number of carbonyl (C=O) groups excluding carboxylic acids is 2. The summed E-state index contributed by atoms with van der Waals surface area (Å²) in [6, 6.07) is 18.7. The third-order valence-corrected chi connectivity index (χ3v) is 5.75. The molecule has 2 N–H and O–H groups in total. The second kappa shape index (κ2) is 8.60. The van der Waals surface area contributed by atoms with E-state index in [0.717, 1.165) is 5.56 Å². The molecule has 3 aromatic carbocycles. The zero-order valence-electron chi connectivity index (χ0n) is 17.2. The van der Waals surface area contributed by atoms with Crippen LogP contribution in [-0.4, -0.2) is 23.8 Å². The minimum atomic E-state index is -0.553. The van der Waals surface area contributed by atoms with Crippen molar-refractivity contribution in [2.75, 3.05) is 7.11 Å². The van der Waals surface area contributed by atoms with Gasteiger partial charge in [-0.1, -0.05) is 36.4 Å². The van der Waals surface area contributed by atoms with E-state index in [1.165, 1.54) is 13.2 Å². The van der Waals surface area contributed by atoms with Crippen molar-refractivity contribution < 1.29 is 18.7 Å². The molecule has 0 aromatic heterocycles. The largest absolute Gasteiger partial charge is 0.497 e. The molecule has 2 amide bonds. The Morgan fingerprint density at radius 3 is 2.52 bits per heavy atom. The normalized spacial score (nSPS) is 14.7. The molecule has 1 atom stereocenters. The molecule has 0 fully saturated rings. The van der Waals surface area contributed by atoms with Crippen molar-refractivity contribution in [1.82, 2.24) is 4.90 Å². The van der Waals surface area contributed by atoms with Gasteiger partial charge in [-0.25, -0.2) is 4.39 Å². The highest BCUT2D eigenvalue weighted by molar-refractivity contribution is 5.96. The van der Waals surface area contributed by atoms with Gasteiger partial charge in [-0.05, 0) is 53.8 Å². The number of nitrogens with zero attached hydrogens (tertiary/aromatic N) is 1. The van der Waals surface area contributed by atoms with Gasteiger partial charge < -0.3 is 15.4 Å². The van der Waals surface area contributed by atoms with Crippen LogP contribution in [0.25, 0.3) is 0 Å². The summed E-state index contributed by atoms with van der Waals surface area (Å²) in [6.07, 6.45) is 1.10. The fraction of sp³-hybridized carbons (Fsp3) is 0.200. The van der Waals surface area contributed by atoms with Gasteiger partial charge in [0, 0.05) is 23.7 Å². The Morgan fingerprint density at radius 2 is 1.81 bits per heavy atom. The third kappa shape index (κ3) is 4.01. The quantitative estimate of drug-likeness (QED) is 0.650. The van der Waals surface area contributed by atoms with E-state index in [1.807, 2.05) is 6.07 Å². The molecule has 5 nitrogen and oxygen atoms in total. The third-order valence-electron chi connectivity index (χ3n) is 5.75. The van der Waals surface area contributed by atoms with E-state index >= 15 is 0 Å². The second-order valence-corrected chi connectivity index (χ2v) is 7.55. The van der Waals surface area contributed by atoms with Gasteiger partial charge >= 0.3 is 0 Å². The molecule has 0 radical (unpaired) electrons. The highest BCUT2D eigenvalue weighted by Gasteiger charge is 2.34. The summed E-state index contributed by atoms with van der Waals surface area (Å²) >= 11 is 0. The molecular formula is C25H23FN2O3. The van der Waals surface area contributed by atoms with E-state index in [-0.39, 0.29) is 24.3 Å². The number of halogens is 1. The zero-order valence-corrected chi connectivity index (χ0v) is 17.2. The van der Waals surface area contributed by atoms with Crippen molar-refractivity contribution in [3.8, 4) is 5.75 Å². The summed E-state index contributed by atoms with van der Waals surface area (Å²) in [7, 11) is 1.49. The maximum Gasteiger partial charge on any atom is 0.254 e. The number of amides is 2. The first-order chi connectivity index (χ1) is 15.0. The van der Waals surface area contributed by atoms with E-state index in [2.05, 4.69) is 0 Å². The summed E-state index contributed by atoms with van der Waals surface area (Å²) in [5.41, 5.74) is 8.43. The Kier molecular flexibility index (Phi) is 5.71. The summed E-state index contributed by atoms with van der Waals surface area (Å²) in [4.78, 5) is 27.2. The van der Waals surface area contributed by atoms with Crippen molar-refractivity contribution in [1.29, 1.82) is 0 Å². The predicted molar refractivity (Wildman–Crippen MR) is 115 cm³/mol. The Balaban J connectivity index is 1.79. The molecular weight excluding hydrogens is 395 g/mol. The van der Waals surface area contributed by atoms with Crippen molar-refractivity contribution in [2.24, 2.45) is 5.73 Å². The van der Waals surface area contributed by atoms with Crippen molar-refractivity contribution in [3.63, 3.8) is 0 Å². The summed E-state index contributed by atoms with van der Waals surface area (Å²) in [6.45, 7) is 0.176. The number of hydrogen-bond donors (Lipinski definition) is 1. The molecule has 0 aliphatic heterocycles. The zero-order chi connectivity index (χ0) is 22.0. The van der Waals surface area contributed by atoms with E-state index in [0.29, 0.717) is 40.8 Å². The molecule has 1 aliphatic rings. The lowest BCUT2D eigenvalue weighted by molar-refractivity contribution is 0.0656. The molecule has 0 heterocycles. The van der Waals surface area contributed by atoms with Crippen LogP contribution < -0.4 is 10.5 Å². The average Bonchev–Trinajstić information content (AvgIpc) is 3.22. The van der Waals surface area contributed by atoms with Gasteiger partial charge in [0.25, 0.3) is 5.91 Å².